The summed E-state index contributed by atoms with van der Waals surface area (Å²) in [5.41, 5.74) is 3.74. The molecule has 1 atom stereocenters. The molecular weight excluding hydrogens is 242 g/mol. The number of carbonyl (C=O) groups is 1. The largest absolute Gasteiger partial charge is 0.345 e. The predicted molar refractivity (Wildman–Crippen MR) is 72.2 cm³/mol. The number of rotatable bonds is 4. The van der Waals surface area contributed by atoms with Gasteiger partial charge >= 0.3 is 0 Å². The molecule has 0 radical (unpaired) electrons. The van der Waals surface area contributed by atoms with E-state index in [9.17, 15) is 4.79 Å². The lowest BCUT2D eigenvalue weighted by Gasteiger charge is -2.15. The van der Waals surface area contributed by atoms with Gasteiger partial charge in [0.05, 0.1) is 11.6 Å². The SMILES string of the molecule is CC(NC(=O)c1cccnc1NN)c1cccnc1. The molecule has 6 nitrogen and oxygen atoms in total. The molecule has 19 heavy (non-hydrogen) atoms. The van der Waals surface area contributed by atoms with E-state index in [1.807, 2.05) is 19.1 Å². The third kappa shape index (κ3) is 3.05. The van der Waals surface area contributed by atoms with Gasteiger partial charge in [0.25, 0.3) is 5.91 Å². The van der Waals surface area contributed by atoms with Gasteiger partial charge in [-0.2, -0.15) is 0 Å². The number of pyridine rings is 2. The van der Waals surface area contributed by atoms with Crippen molar-refractivity contribution in [3.63, 3.8) is 0 Å². The topological polar surface area (TPSA) is 92.9 Å². The molecule has 0 spiro atoms. The monoisotopic (exact) mass is 257 g/mol. The summed E-state index contributed by atoms with van der Waals surface area (Å²) in [6.45, 7) is 1.89. The van der Waals surface area contributed by atoms with Crippen molar-refractivity contribution in [1.29, 1.82) is 0 Å². The Labute approximate surface area is 111 Å². The number of nitrogens with one attached hydrogen (secondary N) is 2. The van der Waals surface area contributed by atoms with Crippen LogP contribution in [0.5, 0.6) is 0 Å². The minimum Gasteiger partial charge on any atom is -0.345 e. The van der Waals surface area contributed by atoms with Gasteiger partial charge in [-0.05, 0) is 30.7 Å². The van der Waals surface area contributed by atoms with Gasteiger partial charge in [0, 0.05) is 18.6 Å². The van der Waals surface area contributed by atoms with Gasteiger partial charge in [-0.3, -0.25) is 9.78 Å². The molecule has 2 aromatic heterocycles. The number of hydrogen-bond acceptors (Lipinski definition) is 5. The standard InChI is InChI=1S/C13H15N5O/c1-9(10-4-2-6-15-8-10)17-13(19)11-5-3-7-16-12(11)18-14/h2-9H,14H2,1H3,(H,16,18)(H,17,19). The van der Waals surface area contributed by atoms with E-state index in [-0.39, 0.29) is 11.9 Å². The van der Waals surface area contributed by atoms with Crippen molar-refractivity contribution in [1.82, 2.24) is 15.3 Å². The number of anilines is 1. The van der Waals surface area contributed by atoms with E-state index in [1.165, 1.54) is 0 Å². The first-order chi connectivity index (χ1) is 9.22. The van der Waals surface area contributed by atoms with Crippen molar-refractivity contribution < 1.29 is 4.79 Å². The number of amides is 1. The molecule has 98 valence electrons. The second kappa shape index (κ2) is 5.92. The number of nitrogens with zero attached hydrogens (tertiary/aromatic N) is 2. The van der Waals surface area contributed by atoms with Crippen molar-refractivity contribution in [3.05, 3.63) is 54.0 Å². The molecule has 0 fully saturated rings. The molecule has 1 unspecified atom stereocenters. The van der Waals surface area contributed by atoms with Crippen LogP contribution in [-0.4, -0.2) is 15.9 Å². The highest BCUT2D eigenvalue weighted by molar-refractivity contribution is 5.98. The Kier molecular flexibility index (Phi) is 4.04. The fraction of sp³-hybridized carbons (Fsp3) is 0.154. The Morgan fingerprint density at radius 1 is 1.32 bits per heavy atom. The summed E-state index contributed by atoms with van der Waals surface area (Å²) in [4.78, 5) is 20.2. The maximum atomic E-state index is 12.1. The highest BCUT2D eigenvalue weighted by Gasteiger charge is 2.14. The molecule has 1 amide bonds. The van der Waals surface area contributed by atoms with Crippen molar-refractivity contribution in [2.75, 3.05) is 5.43 Å². The zero-order chi connectivity index (χ0) is 13.7. The van der Waals surface area contributed by atoms with Crippen LogP contribution in [0.25, 0.3) is 0 Å². The van der Waals surface area contributed by atoms with E-state index < -0.39 is 0 Å². The Morgan fingerprint density at radius 2 is 2.11 bits per heavy atom. The van der Waals surface area contributed by atoms with Crippen LogP contribution in [0.2, 0.25) is 0 Å². The van der Waals surface area contributed by atoms with Crippen molar-refractivity contribution in [2.45, 2.75) is 13.0 Å². The number of hydrazine groups is 1. The molecule has 6 heteroatoms. The number of aromatic nitrogens is 2. The predicted octanol–water partition coefficient (Wildman–Crippen LogP) is 1.25. The Hall–Kier alpha value is -2.47. The van der Waals surface area contributed by atoms with Crippen LogP contribution in [0.4, 0.5) is 5.82 Å². The summed E-state index contributed by atoms with van der Waals surface area (Å²) >= 11 is 0. The summed E-state index contributed by atoms with van der Waals surface area (Å²) < 4.78 is 0. The van der Waals surface area contributed by atoms with Gasteiger partial charge in [-0.15, -0.1) is 0 Å². The maximum Gasteiger partial charge on any atom is 0.255 e. The van der Waals surface area contributed by atoms with E-state index in [1.54, 1.807) is 30.7 Å². The molecule has 0 aliphatic heterocycles. The molecule has 0 saturated heterocycles. The number of nitrogens with two attached hydrogens (primary N) is 1. The molecule has 2 rings (SSSR count). The molecule has 0 aromatic carbocycles. The first kappa shape index (κ1) is 13.0. The Bertz CT molecular complexity index is 558. The van der Waals surface area contributed by atoms with Crippen LogP contribution in [0.3, 0.4) is 0 Å². The minimum atomic E-state index is -0.239. The Morgan fingerprint density at radius 3 is 2.79 bits per heavy atom. The zero-order valence-electron chi connectivity index (χ0n) is 10.5. The van der Waals surface area contributed by atoms with Gasteiger partial charge in [-0.25, -0.2) is 10.8 Å². The van der Waals surface area contributed by atoms with Crippen LogP contribution >= 0.6 is 0 Å². The van der Waals surface area contributed by atoms with E-state index in [4.69, 9.17) is 5.84 Å². The average Bonchev–Trinajstić information content (AvgIpc) is 2.48. The first-order valence-electron chi connectivity index (χ1n) is 5.85. The van der Waals surface area contributed by atoms with Crippen molar-refractivity contribution in [3.8, 4) is 0 Å². The highest BCUT2D eigenvalue weighted by Crippen LogP contribution is 2.14. The second-order valence-corrected chi connectivity index (χ2v) is 4.03. The lowest BCUT2D eigenvalue weighted by molar-refractivity contribution is 0.0940. The number of hydrogen-bond donors (Lipinski definition) is 3. The van der Waals surface area contributed by atoms with E-state index in [0.29, 0.717) is 11.4 Å². The summed E-state index contributed by atoms with van der Waals surface area (Å²) in [5.74, 6) is 5.44. The minimum absolute atomic E-state index is 0.146. The van der Waals surface area contributed by atoms with E-state index >= 15 is 0 Å². The Balaban J connectivity index is 2.13. The fourth-order valence-electron chi connectivity index (χ4n) is 1.69. The third-order valence-corrected chi connectivity index (χ3v) is 2.72. The zero-order valence-corrected chi connectivity index (χ0v) is 10.5. The molecule has 0 saturated carbocycles. The number of nitrogen functional groups attached to an aromatic ring is 1. The van der Waals surface area contributed by atoms with Crippen molar-refractivity contribution >= 4 is 11.7 Å². The van der Waals surface area contributed by atoms with Gasteiger partial charge in [0.2, 0.25) is 0 Å². The molecule has 2 aromatic rings. The molecule has 0 aliphatic rings. The smallest absolute Gasteiger partial charge is 0.255 e. The molecule has 0 aliphatic carbocycles. The third-order valence-electron chi connectivity index (χ3n) is 2.72. The normalized spacial score (nSPS) is 11.7. The van der Waals surface area contributed by atoms with Gasteiger partial charge < -0.3 is 10.7 Å². The van der Waals surface area contributed by atoms with Crippen LogP contribution in [-0.2, 0) is 0 Å². The number of carbonyl (C=O) groups excluding carboxylic acids is 1. The van der Waals surface area contributed by atoms with Crippen LogP contribution in [0, 0.1) is 0 Å². The summed E-state index contributed by atoms with van der Waals surface area (Å²) in [5, 5.41) is 2.87. The van der Waals surface area contributed by atoms with Crippen molar-refractivity contribution in [2.24, 2.45) is 5.84 Å². The lowest BCUT2D eigenvalue weighted by Crippen LogP contribution is -2.28. The average molecular weight is 257 g/mol. The summed E-state index contributed by atoms with van der Waals surface area (Å²) in [7, 11) is 0. The maximum absolute atomic E-state index is 12.1. The molecule has 0 bridgehead atoms. The van der Waals surface area contributed by atoms with Gasteiger partial charge in [0.1, 0.15) is 0 Å². The van der Waals surface area contributed by atoms with Crippen LogP contribution in [0.1, 0.15) is 28.9 Å². The quantitative estimate of drug-likeness (QED) is 0.566. The summed E-state index contributed by atoms with van der Waals surface area (Å²) in [6.07, 6.45) is 4.97. The highest BCUT2D eigenvalue weighted by atomic mass is 16.1. The second-order valence-electron chi connectivity index (χ2n) is 4.03. The first-order valence-corrected chi connectivity index (χ1v) is 5.85. The van der Waals surface area contributed by atoms with Gasteiger partial charge in [-0.1, -0.05) is 6.07 Å². The van der Waals surface area contributed by atoms with E-state index in [2.05, 4.69) is 20.7 Å². The summed E-state index contributed by atoms with van der Waals surface area (Å²) in [6, 6.07) is 6.93. The van der Waals surface area contributed by atoms with Crippen LogP contribution in [0.15, 0.2) is 42.9 Å². The molecule has 2 heterocycles. The molecular formula is C13H15N5O. The van der Waals surface area contributed by atoms with Gasteiger partial charge in [0.15, 0.2) is 5.82 Å². The van der Waals surface area contributed by atoms with E-state index in [0.717, 1.165) is 5.56 Å². The fourth-order valence-corrected chi connectivity index (χ4v) is 1.69. The molecule has 4 N–H and O–H groups in total. The lowest BCUT2D eigenvalue weighted by atomic mass is 10.1. The van der Waals surface area contributed by atoms with Crippen LogP contribution < -0.4 is 16.6 Å².